The Morgan fingerprint density at radius 3 is 2.79 bits per heavy atom. The first-order chi connectivity index (χ1) is 9.40. The highest BCUT2D eigenvalue weighted by Crippen LogP contribution is 2.16. The number of ether oxygens (including phenoxy) is 3. The van der Waals surface area contributed by atoms with E-state index in [0.717, 1.165) is 5.56 Å². The molecule has 3 heteroatoms. The van der Waals surface area contributed by atoms with Crippen LogP contribution in [0.2, 0.25) is 0 Å². The average molecular weight is 260 g/mol. The van der Waals surface area contributed by atoms with Crippen molar-refractivity contribution in [1.82, 2.24) is 0 Å². The molecule has 0 bridgehead atoms. The molecule has 1 heterocycles. The van der Waals surface area contributed by atoms with Crippen molar-refractivity contribution in [2.75, 3.05) is 19.8 Å². The second-order valence-corrected chi connectivity index (χ2v) is 4.37. The van der Waals surface area contributed by atoms with Crippen molar-refractivity contribution < 1.29 is 14.2 Å². The molecule has 1 fully saturated rings. The topological polar surface area (TPSA) is 27.7 Å². The van der Waals surface area contributed by atoms with E-state index >= 15 is 0 Å². The molecule has 1 aromatic carbocycles. The van der Waals surface area contributed by atoms with Crippen LogP contribution in [0.1, 0.15) is 5.56 Å². The van der Waals surface area contributed by atoms with Crippen molar-refractivity contribution in [3.63, 3.8) is 0 Å². The number of hydrogen-bond acceptors (Lipinski definition) is 3. The highest BCUT2D eigenvalue weighted by molar-refractivity contribution is 5.13. The molecule has 3 nitrogen and oxygen atoms in total. The van der Waals surface area contributed by atoms with Gasteiger partial charge in [0.25, 0.3) is 0 Å². The molecule has 0 aromatic heterocycles. The molecule has 0 amide bonds. The van der Waals surface area contributed by atoms with Crippen molar-refractivity contribution >= 4 is 0 Å². The molecule has 0 N–H and O–H groups in total. The first-order valence-electron chi connectivity index (χ1n) is 6.54. The van der Waals surface area contributed by atoms with E-state index < -0.39 is 0 Å². The number of unbranched alkanes of at least 4 members (excludes halogenated alkanes) is 1. The maximum atomic E-state index is 5.70. The third-order valence-electron chi connectivity index (χ3n) is 2.92. The van der Waals surface area contributed by atoms with Crippen LogP contribution in [-0.4, -0.2) is 32.0 Å². The Morgan fingerprint density at radius 2 is 2.00 bits per heavy atom. The van der Waals surface area contributed by atoms with Crippen LogP contribution in [0.25, 0.3) is 0 Å². The zero-order valence-electron chi connectivity index (χ0n) is 11.0. The third kappa shape index (κ3) is 4.94. The molecule has 2 rings (SSSR count). The summed E-state index contributed by atoms with van der Waals surface area (Å²) in [5.74, 6) is 0. The van der Waals surface area contributed by atoms with E-state index in [-0.39, 0.29) is 12.2 Å². The number of benzene rings is 1. The van der Waals surface area contributed by atoms with Crippen molar-refractivity contribution in [2.24, 2.45) is 0 Å². The van der Waals surface area contributed by atoms with Crippen LogP contribution in [0, 0.1) is 26.2 Å². The highest BCUT2D eigenvalue weighted by Gasteiger charge is 2.26. The van der Waals surface area contributed by atoms with Crippen LogP contribution in [-0.2, 0) is 20.8 Å². The predicted octanol–water partition coefficient (Wildman–Crippen LogP) is 2.43. The SMILES string of the molecule is [CH2][CH][CH][CH][C@H]1OCCO[C@H]1COCc1ccccc1. The molecule has 1 aliphatic heterocycles. The first-order valence-corrected chi connectivity index (χ1v) is 6.54. The molecule has 1 saturated heterocycles. The van der Waals surface area contributed by atoms with Gasteiger partial charge in [0.1, 0.15) is 6.10 Å². The van der Waals surface area contributed by atoms with Gasteiger partial charge in [-0.15, -0.1) is 0 Å². The molecule has 0 aliphatic carbocycles. The van der Waals surface area contributed by atoms with Gasteiger partial charge in [0.05, 0.1) is 32.5 Å². The molecule has 19 heavy (non-hydrogen) atoms. The van der Waals surface area contributed by atoms with Gasteiger partial charge in [-0.3, -0.25) is 0 Å². The fourth-order valence-corrected chi connectivity index (χ4v) is 1.96. The predicted molar refractivity (Wildman–Crippen MR) is 73.8 cm³/mol. The molecule has 0 unspecified atom stereocenters. The lowest BCUT2D eigenvalue weighted by molar-refractivity contribution is -0.149. The summed E-state index contributed by atoms with van der Waals surface area (Å²) in [7, 11) is 0. The number of hydrogen-bond donors (Lipinski definition) is 0. The summed E-state index contributed by atoms with van der Waals surface area (Å²) < 4.78 is 17.1. The van der Waals surface area contributed by atoms with Gasteiger partial charge in [-0.25, -0.2) is 0 Å². The lowest BCUT2D eigenvalue weighted by Crippen LogP contribution is -2.41. The van der Waals surface area contributed by atoms with Gasteiger partial charge in [0, 0.05) is 0 Å². The van der Waals surface area contributed by atoms with E-state index in [1.807, 2.05) is 43.2 Å². The van der Waals surface area contributed by atoms with Crippen LogP contribution < -0.4 is 0 Å². The van der Waals surface area contributed by atoms with E-state index in [4.69, 9.17) is 14.2 Å². The van der Waals surface area contributed by atoms with Crippen molar-refractivity contribution in [1.29, 1.82) is 0 Å². The van der Waals surface area contributed by atoms with Crippen LogP contribution in [0.15, 0.2) is 30.3 Å². The summed E-state index contributed by atoms with van der Waals surface area (Å²) in [6, 6.07) is 10.1. The minimum absolute atomic E-state index is 0.0475. The van der Waals surface area contributed by atoms with E-state index in [9.17, 15) is 0 Å². The highest BCUT2D eigenvalue weighted by atomic mass is 16.6. The largest absolute Gasteiger partial charge is 0.374 e. The smallest absolute Gasteiger partial charge is 0.107 e. The van der Waals surface area contributed by atoms with Gasteiger partial charge in [-0.05, 0) is 31.7 Å². The molecule has 2 atom stereocenters. The van der Waals surface area contributed by atoms with Crippen LogP contribution in [0.3, 0.4) is 0 Å². The molecular formula is C16H20O3. The maximum absolute atomic E-state index is 5.70. The summed E-state index contributed by atoms with van der Waals surface area (Å²) in [5.41, 5.74) is 1.16. The molecule has 1 aliphatic rings. The van der Waals surface area contributed by atoms with Crippen LogP contribution in [0.4, 0.5) is 0 Å². The zero-order chi connectivity index (χ0) is 13.3. The normalized spacial score (nSPS) is 23.4. The van der Waals surface area contributed by atoms with Crippen molar-refractivity contribution in [3.05, 3.63) is 62.1 Å². The maximum Gasteiger partial charge on any atom is 0.107 e. The van der Waals surface area contributed by atoms with E-state index in [0.29, 0.717) is 26.4 Å². The Bertz CT molecular complexity index is 339. The summed E-state index contributed by atoms with van der Waals surface area (Å²) >= 11 is 0. The monoisotopic (exact) mass is 260 g/mol. The van der Waals surface area contributed by atoms with Gasteiger partial charge < -0.3 is 14.2 Å². The molecule has 0 saturated carbocycles. The fourth-order valence-electron chi connectivity index (χ4n) is 1.96. The molecular weight excluding hydrogens is 240 g/mol. The van der Waals surface area contributed by atoms with Gasteiger partial charge in [0.15, 0.2) is 0 Å². The van der Waals surface area contributed by atoms with Gasteiger partial charge in [0.2, 0.25) is 0 Å². The summed E-state index contributed by atoms with van der Waals surface area (Å²) in [6.45, 7) is 6.03. The summed E-state index contributed by atoms with van der Waals surface area (Å²) in [5, 5.41) is 0. The quantitative estimate of drug-likeness (QED) is 0.753. The standard InChI is InChI=1S/C16H20O3/c1-2-3-9-15-16(19-11-10-18-15)13-17-12-14-7-5-4-6-8-14/h2-9,15-16H,1,10-13H2/t15-,16+/m1/s1. The minimum atomic E-state index is -0.0532. The molecule has 102 valence electrons. The molecule has 4 radical (unpaired) electrons. The lowest BCUT2D eigenvalue weighted by Gasteiger charge is -2.31. The lowest BCUT2D eigenvalue weighted by atomic mass is 10.1. The Balaban J connectivity index is 1.73. The molecule has 0 spiro atoms. The second kappa shape index (κ2) is 8.31. The fraction of sp³-hybridized carbons (Fsp3) is 0.375. The average Bonchev–Trinajstić information content (AvgIpc) is 2.47. The second-order valence-electron chi connectivity index (χ2n) is 4.37. The zero-order valence-corrected chi connectivity index (χ0v) is 11.0. The van der Waals surface area contributed by atoms with Crippen LogP contribution >= 0.6 is 0 Å². The van der Waals surface area contributed by atoms with Gasteiger partial charge in [-0.1, -0.05) is 30.3 Å². The molecule has 1 aromatic rings. The Morgan fingerprint density at radius 1 is 1.21 bits per heavy atom. The number of rotatable bonds is 7. The van der Waals surface area contributed by atoms with Crippen molar-refractivity contribution in [2.45, 2.75) is 18.8 Å². The summed E-state index contributed by atoms with van der Waals surface area (Å²) in [4.78, 5) is 0. The van der Waals surface area contributed by atoms with Gasteiger partial charge >= 0.3 is 0 Å². The van der Waals surface area contributed by atoms with Crippen molar-refractivity contribution in [3.8, 4) is 0 Å². The Hall–Kier alpha value is -0.900. The minimum Gasteiger partial charge on any atom is -0.374 e. The van der Waals surface area contributed by atoms with Crippen LogP contribution in [0.5, 0.6) is 0 Å². The van der Waals surface area contributed by atoms with E-state index in [1.165, 1.54) is 0 Å². The first kappa shape index (κ1) is 14.5. The Kier molecular flexibility index (Phi) is 6.34. The van der Waals surface area contributed by atoms with E-state index in [1.54, 1.807) is 6.42 Å². The van der Waals surface area contributed by atoms with Gasteiger partial charge in [-0.2, -0.15) is 0 Å². The third-order valence-corrected chi connectivity index (χ3v) is 2.92. The summed E-state index contributed by atoms with van der Waals surface area (Å²) in [6.07, 6.45) is 5.47. The van der Waals surface area contributed by atoms with E-state index in [2.05, 4.69) is 6.92 Å². The Labute approximate surface area is 115 Å².